The molecule has 6 atom stereocenters. The normalized spacial score (nSPS) is 27.6. The van der Waals surface area contributed by atoms with Crippen molar-refractivity contribution in [1.29, 1.82) is 0 Å². The lowest BCUT2D eigenvalue weighted by Gasteiger charge is -2.37. The van der Waals surface area contributed by atoms with E-state index < -0.39 is 33.4 Å². The van der Waals surface area contributed by atoms with Crippen LogP contribution in [0.5, 0.6) is 5.75 Å². The maximum atomic E-state index is 14.7. The van der Waals surface area contributed by atoms with Gasteiger partial charge < -0.3 is 25.4 Å². The molecule has 230 valence electrons. The highest BCUT2D eigenvalue weighted by Crippen LogP contribution is 2.72. The predicted molar refractivity (Wildman–Crippen MR) is 173 cm³/mol. The van der Waals surface area contributed by atoms with Crippen LogP contribution in [-0.4, -0.2) is 56.5 Å². The number of nitrogens with zero attached hydrogens (tertiary/aromatic N) is 1. The zero-order valence-corrected chi connectivity index (χ0v) is 26.3. The quantitative estimate of drug-likeness (QED) is 0.295. The molecule has 3 fully saturated rings. The fraction of sp³-hybridized carbons (Fsp3) is 0.400. The maximum absolute atomic E-state index is 14.7. The van der Waals surface area contributed by atoms with Gasteiger partial charge in [0.15, 0.2) is 0 Å². The average molecular weight is 614 g/mol. The highest BCUT2D eigenvalue weighted by molar-refractivity contribution is 8.02. The number of rotatable bonds is 9. The Morgan fingerprint density at radius 3 is 2.43 bits per heavy atom. The van der Waals surface area contributed by atoms with E-state index >= 15 is 0 Å². The Labute approximate surface area is 262 Å². The SMILES string of the molecule is CCOc1ccc(NC(=O)[C@@H]2[C@H]3C(=O)N([C@H](CO)c4ccccc4)C(C(=O)Nc4cc(C)ccc4C)C34CC[C@@]2(C)S4)cc1. The lowest BCUT2D eigenvalue weighted by molar-refractivity contribution is -0.141. The zero-order chi connectivity index (χ0) is 31.2. The second-order valence-corrected chi connectivity index (χ2v) is 14.2. The number of nitrogens with one attached hydrogen (secondary N) is 2. The van der Waals surface area contributed by atoms with Crippen molar-refractivity contribution in [1.82, 2.24) is 4.90 Å². The summed E-state index contributed by atoms with van der Waals surface area (Å²) in [5.41, 5.74) is 3.97. The third-order valence-corrected chi connectivity index (χ3v) is 11.5. The Bertz CT molecular complexity index is 1580. The molecule has 8 nitrogen and oxygen atoms in total. The second kappa shape index (κ2) is 11.6. The molecule has 3 saturated heterocycles. The van der Waals surface area contributed by atoms with Gasteiger partial charge >= 0.3 is 0 Å². The second-order valence-electron chi connectivity index (χ2n) is 12.3. The van der Waals surface area contributed by atoms with Gasteiger partial charge in [-0.3, -0.25) is 14.4 Å². The lowest BCUT2D eigenvalue weighted by atomic mass is 9.66. The first kappa shape index (κ1) is 30.2. The summed E-state index contributed by atoms with van der Waals surface area (Å²) in [4.78, 5) is 44.8. The number of carbonyl (C=O) groups is 3. The van der Waals surface area contributed by atoms with Crippen LogP contribution in [-0.2, 0) is 14.4 Å². The monoisotopic (exact) mass is 613 g/mol. The van der Waals surface area contributed by atoms with Crippen molar-refractivity contribution in [2.45, 2.75) is 62.1 Å². The van der Waals surface area contributed by atoms with Crippen LogP contribution in [0, 0.1) is 25.7 Å². The molecule has 1 spiro atoms. The van der Waals surface area contributed by atoms with Crippen molar-refractivity contribution in [3.05, 3.63) is 89.5 Å². The van der Waals surface area contributed by atoms with Crippen LogP contribution < -0.4 is 15.4 Å². The van der Waals surface area contributed by atoms with Crippen LogP contribution >= 0.6 is 11.8 Å². The number of anilines is 2. The first-order valence-corrected chi connectivity index (χ1v) is 16.0. The van der Waals surface area contributed by atoms with E-state index in [9.17, 15) is 19.5 Å². The fourth-order valence-corrected chi connectivity index (χ4v) is 9.86. The number of aliphatic hydroxyl groups excluding tert-OH is 1. The number of aliphatic hydroxyl groups is 1. The van der Waals surface area contributed by atoms with Gasteiger partial charge in [0.1, 0.15) is 11.8 Å². The molecule has 2 unspecified atom stereocenters. The Hall–Kier alpha value is -3.82. The summed E-state index contributed by atoms with van der Waals surface area (Å²) >= 11 is 1.61. The number of benzene rings is 3. The minimum Gasteiger partial charge on any atom is -0.494 e. The lowest BCUT2D eigenvalue weighted by Crippen LogP contribution is -2.52. The molecular weight excluding hydrogens is 574 g/mol. The van der Waals surface area contributed by atoms with Crippen LogP contribution in [0.2, 0.25) is 0 Å². The van der Waals surface area contributed by atoms with Gasteiger partial charge in [0, 0.05) is 16.1 Å². The summed E-state index contributed by atoms with van der Waals surface area (Å²) in [7, 11) is 0. The van der Waals surface area contributed by atoms with E-state index in [0.717, 1.165) is 16.7 Å². The molecule has 3 aromatic carbocycles. The van der Waals surface area contributed by atoms with Gasteiger partial charge in [0.2, 0.25) is 17.7 Å². The van der Waals surface area contributed by atoms with Crippen LogP contribution in [0.4, 0.5) is 11.4 Å². The minimum absolute atomic E-state index is 0.236. The summed E-state index contributed by atoms with van der Waals surface area (Å²) in [6.07, 6.45) is 1.31. The van der Waals surface area contributed by atoms with Gasteiger partial charge in [-0.2, -0.15) is 0 Å². The molecule has 3 aliphatic heterocycles. The summed E-state index contributed by atoms with van der Waals surface area (Å²) in [6.45, 7) is 8.06. The van der Waals surface area contributed by atoms with Gasteiger partial charge in [0.05, 0.1) is 35.8 Å². The van der Waals surface area contributed by atoms with E-state index in [1.165, 1.54) is 0 Å². The number of amides is 3. The van der Waals surface area contributed by atoms with Crippen molar-refractivity contribution < 1.29 is 24.2 Å². The molecule has 6 rings (SSSR count). The van der Waals surface area contributed by atoms with E-state index in [4.69, 9.17) is 4.74 Å². The summed E-state index contributed by atoms with van der Waals surface area (Å²) in [6, 6.07) is 20.8. The van der Waals surface area contributed by atoms with Gasteiger partial charge in [-0.15, -0.1) is 11.8 Å². The summed E-state index contributed by atoms with van der Waals surface area (Å²) in [5, 5.41) is 16.9. The van der Waals surface area contributed by atoms with Crippen LogP contribution in [0.15, 0.2) is 72.8 Å². The Morgan fingerprint density at radius 2 is 1.75 bits per heavy atom. The highest BCUT2D eigenvalue weighted by atomic mass is 32.2. The largest absolute Gasteiger partial charge is 0.494 e. The van der Waals surface area contributed by atoms with Crippen LogP contribution in [0.3, 0.4) is 0 Å². The Kier molecular flexibility index (Phi) is 7.96. The van der Waals surface area contributed by atoms with Gasteiger partial charge in [-0.25, -0.2) is 0 Å². The minimum atomic E-state index is -0.882. The third kappa shape index (κ3) is 4.96. The number of hydrogen-bond donors (Lipinski definition) is 3. The van der Waals surface area contributed by atoms with Gasteiger partial charge in [0.25, 0.3) is 0 Å². The molecule has 3 amide bonds. The molecular formula is C35H39N3O5S. The Balaban J connectivity index is 1.39. The molecule has 2 bridgehead atoms. The predicted octanol–water partition coefficient (Wildman–Crippen LogP) is 5.49. The number of hydrogen-bond acceptors (Lipinski definition) is 6. The molecule has 3 aromatic rings. The van der Waals surface area contributed by atoms with E-state index in [1.54, 1.807) is 40.9 Å². The van der Waals surface area contributed by atoms with E-state index in [-0.39, 0.29) is 24.3 Å². The van der Waals surface area contributed by atoms with E-state index in [1.807, 2.05) is 76.2 Å². The molecule has 0 aliphatic carbocycles. The molecule has 0 aromatic heterocycles. The first-order chi connectivity index (χ1) is 21.1. The number of carbonyl (C=O) groups excluding carboxylic acids is 3. The molecule has 44 heavy (non-hydrogen) atoms. The highest BCUT2D eigenvalue weighted by Gasteiger charge is 2.77. The van der Waals surface area contributed by atoms with Gasteiger partial charge in [-0.1, -0.05) is 42.5 Å². The van der Waals surface area contributed by atoms with Crippen molar-refractivity contribution in [3.8, 4) is 5.75 Å². The fourth-order valence-electron chi connectivity index (χ4n) is 7.52. The van der Waals surface area contributed by atoms with Crippen molar-refractivity contribution in [3.63, 3.8) is 0 Å². The van der Waals surface area contributed by atoms with Crippen LogP contribution in [0.1, 0.15) is 49.4 Å². The molecule has 9 heteroatoms. The van der Waals surface area contributed by atoms with Crippen molar-refractivity contribution in [2.75, 3.05) is 23.8 Å². The molecule has 3 aliphatic rings. The molecule has 0 radical (unpaired) electrons. The number of aryl methyl sites for hydroxylation is 2. The number of ether oxygens (including phenoxy) is 1. The van der Waals surface area contributed by atoms with Gasteiger partial charge in [-0.05, 0) is 87.6 Å². The Morgan fingerprint density at radius 1 is 1.02 bits per heavy atom. The average Bonchev–Trinajstić information content (AvgIpc) is 3.58. The van der Waals surface area contributed by atoms with Crippen molar-refractivity contribution in [2.24, 2.45) is 11.8 Å². The summed E-state index contributed by atoms with van der Waals surface area (Å²) < 4.78 is 4.19. The van der Waals surface area contributed by atoms with Crippen LogP contribution in [0.25, 0.3) is 0 Å². The summed E-state index contributed by atoms with van der Waals surface area (Å²) in [5.74, 6) is -1.47. The third-order valence-electron chi connectivity index (χ3n) is 9.52. The first-order valence-electron chi connectivity index (χ1n) is 15.2. The number of likely N-dealkylation sites (tertiary alicyclic amines) is 1. The number of thioether (sulfide) groups is 1. The van der Waals surface area contributed by atoms with E-state index in [2.05, 4.69) is 10.6 Å². The zero-order valence-electron chi connectivity index (χ0n) is 25.5. The number of fused-ring (bicyclic) bond motifs is 1. The smallest absolute Gasteiger partial charge is 0.248 e. The molecule has 0 saturated carbocycles. The molecule has 3 heterocycles. The van der Waals surface area contributed by atoms with E-state index in [0.29, 0.717) is 36.6 Å². The standard InChI is InChI=1S/C35H39N3O5S/c1-5-43-25-15-13-24(14-16-25)36-31(40)28-29-33(42)38(27(20-39)23-9-7-6-8-10-23)30(35(29)18-17-34(28,4)44-35)32(41)37-26-19-21(2)11-12-22(26)3/h6-16,19,27-30,39H,5,17-18,20H2,1-4H3,(H,36,40)(H,37,41)/t27-,28+,29+,30?,34-,35?/m1/s1. The maximum Gasteiger partial charge on any atom is 0.248 e. The van der Waals surface area contributed by atoms with Crippen molar-refractivity contribution >= 4 is 40.9 Å². The topological polar surface area (TPSA) is 108 Å². The molecule has 3 N–H and O–H groups in total.